The highest BCUT2D eigenvalue weighted by Crippen LogP contribution is 2.40. The Morgan fingerprint density at radius 3 is 2.53 bits per heavy atom. The first-order chi connectivity index (χ1) is 17.2. The quantitative estimate of drug-likeness (QED) is 0.448. The fraction of sp³-hybridized carbons (Fsp3) is 0.308. The van der Waals surface area contributed by atoms with Gasteiger partial charge in [-0.2, -0.15) is 0 Å². The van der Waals surface area contributed by atoms with Crippen LogP contribution in [0.25, 0.3) is 22.3 Å². The molecule has 4 rings (SSSR count). The van der Waals surface area contributed by atoms with Crippen molar-refractivity contribution in [2.45, 2.75) is 26.6 Å². The molecule has 10 nitrogen and oxygen atoms in total. The van der Waals surface area contributed by atoms with E-state index in [1.165, 1.54) is 38.7 Å². The molecule has 2 aromatic carbocycles. The fourth-order valence-corrected chi connectivity index (χ4v) is 3.79. The number of carbonyl (C=O) groups is 1. The van der Waals surface area contributed by atoms with Gasteiger partial charge in [-0.05, 0) is 19.1 Å². The molecule has 1 aromatic heterocycles. The molecule has 0 spiro atoms. The van der Waals surface area contributed by atoms with E-state index >= 15 is 0 Å². The van der Waals surface area contributed by atoms with E-state index in [1.807, 2.05) is 0 Å². The average Bonchev–Trinajstić information content (AvgIpc) is 3.19. The van der Waals surface area contributed by atoms with Crippen molar-refractivity contribution in [1.82, 2.24) is 0 Å². The molecule has 190 valence electrons. The maximum atomic E-state index is 12.9. The zero-order valence-electron chi connectivity index (χ0n) is 20.5. The Hall–Kier alpha value is -4.34. The number of carbonyl (C=O) groups excluding carboxylic acids is 1. The van der Waals surface area contributed by atoms with Crippen LogP contribution in [0.15, 0.2) is 51.6 Å². The summed E-state index contributed by atoms with van der Waals surface area (Å²) in [5.41, 5.74) is -0.0594. The van der Waals surface area contributed by atoms with E-state index in [2.05, 4.69) is 0 Å². The van der Waals surface area contributed by atoms with Gasteiger partial charge in [0.2, 0.25) is 5.79 Å². The van der Waals surface area contributed by atoms with Crippen molar-refractivity contribution in [3.05, 3.63) is 58.1 Å². The molecule has 1 aliphatic heterocycles. The van der Waals surface area contributed by atoms with Crippen LogP contribution < -0.4 is 19.6 Å². The van der Waals surface area contributed by atoms with Crippen molar-refractivity contribution in [3.8, 4) is 34.3 Å². The third-order valence-electron chi connectivity index (χ3n) is 5.30. The van der Waals surface area contributed by atoms with Gasteiger partial charge in [0, 0.05) is 32.0 Å². The lowest BCUT2D eigenvalue weighted by Gasteiger charge is -2.18. The fourth-order valence-electron chi connectivity index (χ4n) is 3.79. The average molecular weight is 498 g/mol. The van der Waals surface area contributed by atoms with Gasteiger partial charge in [0.25, 0.3) is 0 Å². The number of phenols is 1. The molecule has 0 unspecified atom stereocenters. The van der Waals surface area contributed by atoms with Crippen LogP contribution in [0.1, 0.15) is 31.1 Å². The molecule has 0 saturated carbocycles. The molecule has 36 heavy (non-hydrogen) atoms. The summed E-state index contributed by atoms with van der Waals surface area (Å²) in [6.07, 6.45) is 1.45. The number of esters is 1. The minimum absolute atomic E-state index is 0.0232. The second-order valence-electron chi connectivity index (χ2n) is 8.23. The highest BCUT2D eigenvalue weighted by molar-refractivity contribution is 5.98. The summed E-state index contributed by atoms with van der Waals surface area (Å²) in [5, 5.41) is 10.5. The normalized spacial score (nSPS) is 14.0. The summed E-state index contributed by atoms with van der Waals surface area (Å²) >= 11 is 0. The minimum atomic E-state index is -0.786. The summed E-state index contributed by atoms with van der Waals surface area (Å²) in [7, 11) is 2.79. The number of benzene rings is 2. The number of fused-ring (bicyclic) bond motifs is 1. The number of methoxy groups -OCH3 is 2. The first kappa shape index (κ1) is 24.8. The van der Waals surface area contributed by atoms with Crippen molar-refractivity contribution in [1.29, 1.82) is 0 Å². The summed E-state index contributed by atoms with van der Waals surface area (Å²) in [5.74, 6) is -0.597. The molecule has 0 amide bonds. The Bertz CT molecular complexity index is 1400. The van der Waals surface area contributed by atoms with Crippen molar-refractivity contribution in [3.63, 3.8) is 0 Å². The van der Waals surface area contributed by atoms with Crippen molar-refractivity contribution in [2.24, 2.45) is 0 Å². The van der Waals surface area contributed by atoms with Crippen LogP contribution in [0, 0.1) is 0 Å². The molecule has 1 N–H and O–H groups in total. The zero-order valence-corrected chi connectivity index (χ0v) is 20.5. The van der Waals surface area contributed by atoms with E-state index in [4.69, 9.17) is 32.8 Å². The van der Waals surface area contributed by atoms with E-state index in [0.717, 1.165) is 0 Å². The number of rotatable bonds is 8. The zero-order chi connectivity index (χ0) is 26.0. The Labute approximate surface area is 206 Å². The topological polar surface area (TPSA) is 123 Å². The van der Waals surface area contributed by atoms with Crippen molar-refractivity contribution in [2.75, 3.05) is 27.4 Å². The molecule has 0 saturated heterocycles. The van der Waals surface area contributed by atoms with Crippen LogP contribution >= 0.6 is 0 Å². The van der Waals surface area contributed by atoms with Gasteiger partial charge in [-0.25, -0.2) is 4.79 Å². The van der Waals surface area contributed by atoms with E-state index in [0.29, 0.717) is 11.3 Å². The number of hydrogen-bond donors (Lipinski definition) is 1. The van der Waals surface area contributed by atoms with Gasteiger partial charge in [0.1, 0.15) is 58.2 Å². The van der Waals surface area contributed by atoms with E-state index in [9.17, 15) is 14.7 Å². The number of phenolic OH excluding ortho intramolecular Hbond substituents is 1. The Morgan fingerprint density at radius 2 is 1.89 bits per heavy atom. The van der Waals surface area contributed by atoms with Crippen molar-refractivity contribution < 1.29 is 42.7 Å². The van der Waals surface area contributed by atoms with E-state index < -0.39 is 17.2 Å². The molecule has 0 bridgehead atoms. The highest BCUT2D eigenvalue weighted by Gasteiger charge is 2.28. The number of aromatic hydroxyl groups is 1. The van der Waals surface area contributed by atoms with Crippen molar-refractivity contribution >= 4 is 16.9 Å². The second-order valence-corrected chi connectivity index (χ2v) is 8.23. The summed E-state index contributed by atoms with van der Waals surface area (Å²) < 4.78 is 38.6. The Morgan fingerprint density at radius 1 is 1.11 bits per heavy atom. The third kappa shape index (κ3) is 4.74. The van der Waals surface area contributed by atoms with Crippen LogP contribution in [-0.4, -0.2) is 44.3 Å². The number of hydrogen-bond acceptors (Lipinski definition) is 10. The molecular weight excluding hydrogens is 472 g/mol. The van der Waals surface area contributed by atoms with Gasteiger partial charge in [-0.3, -0.25) is 4.79 Å². The molecule has 0 atom stereocenters. The first-order valence-corrected chi connectivity index (χ1v) is 11.1. The maximum absolute atomic E-state index is 12.9. The van der Waals surface area contributed by atoms with Crippen LogP contribution in [0.5, 0.6) is 23.0 Å². The Kier molecular flexibility index (Phi) is 6.69. The van der Waals surface area contributed by atoms with Gasteiger partial charge >= 0.3 is 5.97 Å². The molecule has 3 aromatic rings. The van der Waals surface area contributed by atoms with Gasteiger partial charge < -0.3 is 37.9 Å². The SMILES string of the molecule is CCOC(=O)c1c(OC)ccc(-c2cc(=O)c3c(O)cc(OCC4=COC(C)(C)O4)cc3o2)c1OC. The molecule has 0 aliphatic carbocycles. The van der Waals surface area contributed by atoms with Gasteiger partial charge in [0.05, 0.1) is 26.4 Å². The highest BCUT2D eigenvalue weighted by atomic mass is 16.7. The molecule has 10 heteroatoms. The molecule has 0 radical (unpaired) electrons. The predicted molar refractivity (Wildman–Crippen MR) is 128 cm³/mol. The van der Waals surface area contributed by atoms with Gasteiger partial charge in [-0.15, -0.1) is 0 Å². The number of ether oxygens (including phenoxy) is 6. The third-order valence-corrected chi connectivity index (χ3v) is 5.30. The lowest BCUT2D eigenvalue weighted by Crippen LogP contribution is -2.21. The van der Waals surface area contributed by atoms with Gasteiger partial charge in [0.15, 0.2) is 11.2 Å². The van der Waals surface area contributed by atoms with Gasteiger partial charge in [-0.1, -0.05) is 0 Å². The van der Waals surface area contributed by atoms with E-state index in [-0.39, 0.29) is 58.5 Å². The summed E-state index contributed by atoms with van der Waals surface area (Å²) in [4.78, 5) is 25.6. The smallest absolute Gasteiger partial charge is 0.345 e. The minimum Gasteiger partial charge on any atom is -0.507 e. The molecule has 0 fully saturated rings. The molecule has 2 heterocycles. The lowest BCUT2D eigenvalue weighted by molar-refractivity contribution is -0.119. The lowest BCUT2D eigenvalue weighted by atomic mass is 10.0. The monoisotopic (exact) mass is 498 g/mol. The standard InChI is InChI=1S/C26H26O10/c1-6-32-25(29)23-19(30-4)8-7-16(24(23)31-5)20-11-18(28)22-17(27)9-14(10-21(22)35-20)33-12-15-13-34-26(2,3)36-15/h7-11,13,27H,6,12H2,1-5H3. The van der Waals surface area contributed by atoms with Crippen LogP contribution in [0.3, 0.4) is 0 Å². The predicted octanol–water partition coefficient (Wildman–Crippen LogP) is 4.36. The molecular formula is C26H26O10. The largest absolute Gasteiger partial charge is 0.507 e. The second kappa shape index (κ2) is 9.73. The van der Waals surface area contributed by atoms with Crippen LogP contribution in [-0.2, 0) is 14.2 Å². The summed E-state index contributed by atoms with van der Waals surface area (Å²) in [6, 6.07) is 7.13. The molecule has 1 aliphatic rings. The van der Waals surface area contributed by atoms with Crippen LogP contribution in [0.2, 0.25) is 0 Å². The van der Waals surface area contributed by atoms with E-state index in [1.54, 1.807) is 32.9 Å². The summed E-state index contributed by atoms with van der Waals surface area (Å²) in [6.45, 7) is 5.38. The Balaban J connectivity index is 1.77. The maximum Gasteiger partial charge on any atom is 0.345 e. The van der Waals surface area contributed by atoms with Crippen LogP contribution in [0.4, 0.5) is 0 Å². The first-order valence-electron chi connectivity index (χ1n) is 11.1.